The van der Waals surface area contributed by atoms with Crippen molar-refractivity contribution in [1.82, 2.24) is 0 Å². The van der Waals surface area contributed by atoms with Gasteiger partial charge in [-0.15, -0.1) is 0 Å². The van der Waals surface area contributed by atoms with Crippen molar-refractivity contribution in [3.05, 3.63) is 65.5 Å². The Morgan fingerprint density at radius 3 is 2.54 bits per heavy atom. The first kappa shape index (κ1) is 16.7. The molecule has 1 fully saturated rings. The number of halogens is 1. The third-order valence-electron chi connectivity index (χ3n) is 4.38. The third kappa shape index (κ3) is 3.82. The Morgan fingerprint density at radius 1 is 1.12 bits per heavy atom. The molecule has 126 valence electrons. The maximum Gasteiger partial charge on any atom is 0.146 e. The second-order valence-corrected chi connectivity index (χ2v) is 6.07. The van der Waals surface area contributed by atoms with E-state index in [0.29, 0.717) is 18.9 Å². The molecule has 0 spiro atoms. The van der Waals surface area contributed by atoms with Crippen molar-refractivity contribution in [1.29, 1.82) is 0 Å². The fraction of sp³-hybridized carbons (Fsp3) is 0.350. The summed E-state index contributed by atoms with van der Waals surface area (Å²) < 4.78 is 19.6. The molecule has 3 nitrogen and oxygen atoms in total. The molecule has 1 heterocycles. The van der Waals surface area contributed by atoms with Crippen LogP contribution in [0, 0.1) is 5.82 Å². The van der Waals surface area contributed by atoms with Crippen LogP contribution in [0.4, 0.5) is 10.1 Å². The number of rotatable bonds is 4. The summed E-state index contributed by atoms with van der Waals surface area (Å²) in [7, 11) is 0. The van der Waals surface area contributed by atoms with Crippen molar-refractivity contribution in [3.63, 3.8) is 0 Å². The van der Waals surface area contributed by atoms with Crippen molar-refractivity contribution < 1.29 is 9.13 Å². The molecule has 24 heavy (non-hydrogen) atoms. The second-order valence-electron chi connectivity index (χ2n) is 6.07. The van der Waals surface area contributed by atoms with E-state index in [1.807, 2.05) is 36.1 Å². The highest BCUT2D eigenvalue weighted by molar-refractivity contribution is 5.99. The molecule has 1 aliphatic heterocycles. The molecule has 2 aromatic rings. The number of benzene rings is 2. The summed E-state index contributed by atoms with van der Waals surface area (Å²) >= 11 is 0. The summed E-state index contributed by atoms with van der Waals surface area (Å²) in [6.45, 7) is 6.78. The zero-order chi connectivity index (χ0) is 16.9. The summed E-state index contributed by atoms with van der Waals surface area (Å²) in [5, 5.41) is 0. The van der Waals surface area contributed by atoms with Gasteiger partial charge in [0.05, 0.1) is 24.9 Å². The summed E-state index contributed by atoms with van der Waals surface area (Å²) in [6.07, 6.45) is 0. The molecule has 3 rings (SSSR count). The maximum absolute atomic E-state index is 14.2. The second kappa shape index (κ2) is 7.58. The number of aliphatic imine (C=N–C) groups is 1. The number of hydrogen-bond acceptors (Lipinski definition) is 3. The normalized spacial score (nSPS) is 17.0. The van der Waals surface area contributed by atoms with Gasteiger partial charge in [0.2, 0.25) is 0 Å². The minimum Gasteiger partial charge on any atom is -0.378 e. The quantitative estimate of drug-likeness (QED) is 0.785. The number of anilines is 1. The van der Waals surface area contributed by atoms with Crippen LogP contribution in [-0.2, 0) is 4.74 Å². The predicted octanol–water partition coefficient (Wildman–Crippen LogP) is 4.23. The average molecular weight is 326 g/mol. The van der Waals surface area contributed by atoms with E-state index < -0.39 is 0 Å². The Balaban J connectivity index is 1.84. The van der Waals surface area contributed by atoms with Gasteiger partial charge in [0.25, 0.3) is 0 Å². The van der Waals surface area contributed by atoms with E-state index in [1.54, 1.807) is 6.07 Å². The van der Waals surface area contributed by atoms with Gasteiger partial charge in [-0.3, -0.25) is 4.99 Å². The van der Waals surface area contributed by atoms with Gasteiger partial charge >= 0.3 is 0 Å². The zero-order valence-electron chi connectivity index (χ0n) is 14.2. The summed E-state index contributed by atoms with van der Waals surface area (Å²) in [5.74, 6) is -0.190. The van der Waals surface area contributed by atoms with Crippen LogP contribution in [0.1, 0.15) is 31.0 Å². The SMILES string of the molecule is CC(=N[C@@H](C)c1ccccc1)c1ccc(F)c(N2CCOCC2)c1. The molecule has 1 aliphatic rings. The van der Waals surface area contributed by atoms with E-state index >= 15 is 0 Å². The van der Waals surface area contributed by atoms with E-state index in [2.05, 4.69) is 19.1 Å². The predicted molar refractivity (Wildman–Crippen MR) is 96.5 cm³/mol. The van der Waals surface area contributed by atoms with E-state index in [4.69, 9.17) is 9.73 Å². The summed E-state index contributed by atoms with van der Waals surface area (Å²) in [4.78, 5) is 6.82. The molecule has 0 bridgehead atoms. The highest BCUT2D eigenvalue weighted by Gasteiger charge is 2.16. The molecule has 1 atom stereocenters. The van der Waals surface area contributed by atoms with Crippen molar-refractivity contribution >= 4 is 11.4 Å². The molecule has 4 heteroatoms. The van der Waals surface area contributed by atoms with Crippen LogP contribution in [0.15, 0.2) is 53.5 Å². The molecule has 0 saturated carbocycles. The van der Waals surface area contributed by atoms with Gasteiger partial charge in [0, 0.05) is 18.8 Å². The highest BCUT2D eigenvalue weighted by atomic mass is 19.1. The summed E-state index contributed by atoms with van der Waals surface area (Å²) in [5.41, 5.74) is 3.69. The monoisotopic (exact) mass is 326 g/mol. The van der Waals surface area contributed by atoms with Gasteiger partial charge in [0.1, 0.15) is 5.82 Å². The molecule has 0 unspecified atom stereocenters. The average Bonchev–Trinajstić information content (AvgIpc) is 2.63. The minimum atomic E-state index is -0.190. The van der Waals surface area contributed by atoms with Gasteiger partial charge in [0.15, 0.2) is 0 Å². The molecule has 0 N–H and O–H groups in total. The number of morpholine rings is 1. The lowest BCUT2D eigenvalue weighted by Gasteiger charge is -2.29. The fourth-order valence-electron chi connectivity index (χ4n) is 2.96. The fourth-order valence-corrected chi connectivity index (χ4v) is 2.96. The van der Waals surface area contributed by atoms with E-state index in [0.717, 1.165) is 24.4 Å². The van der Waals surface area contributed by atoms with E-state index in [9.17, 15) is 4.39 Å². The largest absolute Gasteiger partial charge is 0.378 e. The molecular formula is C20H23FN2O. The topological polar surface area (TPSA) is 24.8 Å². The number of nitrogens with zero attached hydrogens (tertiary/aromatic N) is 2. The van der Waals surface area contributed by atoms with E-state index in [-0.39, 0.29) is 11.9 Å². The standard InChI is InChI=1S/C20H23FN2O/c1-15(17-6-4-3-5-7-17)22-16(2)18-8-9-19(21)20(14-18)23-10-12-24-13-11-23/h3-9,14-15H,10-13H2,1-2H3/t15-/m0/s1. The number of hydrogen-bond donors (Lipinski definition) is 0. The Hall–Kier alpha value is -2.20. The highest BCUT2D eigenvalue weighted by Crippen LogP contribution is 2.24. The first-order valence-electron chi connectivity index (χ1n) is 8.37. The van der Waals surface area contributed by atoms with Gasteiger partial charge in [-0.2, -0.15) is 0 Å². The lowest BCUT2D eigenvalue weighted by molar-refractivity contribution is 0.122. The molecule has 0 aliphatic carbocycles. The van der Waals surface area contributed by atoms with Crippen molar-refractivity contribution in [3.8, 4) is 0 Å². The third-order valence-corrected chi connectivity index (χ3v) is 4.38. The van der Waals surface area contributed by atoms with Gasteiger partial charge in [-0.05, 0) is 37.1 Å². The van der Waals surface area contributed by atoms with E-state index in [1.165, 1.54) is 11.6 Å². The molecule has 0 aromatic heterocycles. The molecule has 2 aromatic carbocycles. The number of ether oxygens (including phenoxy) is 1. The van der Waals surface area contributed by atoms with Crippen LogP contribution in [0.5, 0.6) is 0 Å². The maximum atomic E-state index is 14.2. The molecule has 0 amide bonds. The van der Waals surface area contributed by atoms with Crippen molar-refractivity contribution in [2.24, 2.45) is 4.99 Å². The van der Waals surface area contributed by atoms with Crippen LogP contribution in [0.25, 0.3) is 0 Å². The Morgan fingerprint density at radius 2 is 1.83 bits per heavy atom. The lowest BCUT2D eigenvalue weighted by atomic mass is 10.1. The molecular weight excluding hydrogens is 303 g/mol. The van der Waals surface area contributed by atoms with Crippen LogP contribution in [0.2, 0.25) is 0 Å². The summed E-state index contributed by atoms with van der Waals surface area (Å²) in [6, 6.07) is 15.5. The van der Waals surface area contributed by atoms with Gasteiger partial charge < -0.3 is 9.64 Å². The van der Waals surface area contributed by atoms with Gasteiger partial charge in [-0.25, -0.2) is 4.39 Å². The van der Waals surface area contributed by atoms with Crippen LogP contribution >= 0.6 is 0 Å². The van der Waals surface area contributed by atoms with Gasteiger partial charge in [-0.1, -0.05) is 36.4 Å². The van der Waals surface area contributed by atoms with Crippen molar-refractivity contribution in [2.75, 3.05) is 31.2 Å². The van der Waals surface area contributed by atoms with Crippen molar-refractivity contribution in [2.45, 2.75) is 19.9 Å². The smallest absolute Gasteiger partial charge is 0.146 e. The Labute approximate surface area is 142 Å². The molecule has 0 radical (unpaired) electrons. The Bertz CT molecular complexity index is 709. The Kier molecular flexibility index (Phi) is 5.26. The first-order valence-corrected chi connectivity index (χ1v) is 8.37. The lowest BCUT2D eigenvalue weighted by Crippen LogP contribution is -2.36. The minimum absolute atomic E-state index is 0.0723. The van der Waals surface area contributed by atoms with Crippen LogP contribution in [-0.4, -0.2) is 32.0 Å². The zero-order valence-corrected chi connectivity index (χ0v) is 14.2. The van der Waals surface area contributed by atoms with Crippen LogP contribution in [0.3, 0.4) is 0 Å². The first-order chi connectivity index (χ1) is 11.6. The van der Waals surface area contributed by atoms with Crippen LogP contribution < -0.4 is 4.90 Å². The molecule has 1 saturated heterocycles.